The highest BCUT2D eigenvalue weighted by molar-refractivity contribution is 9.11. The number of thiophene rings is 1. The molecule has 2 rings (SSSR count). The van der Waals surface area contributed by atoms with Crippen LogP contribution >= 0.6 is 43.2 Å². The monoisotopic (exact) mass is 413 g/mol. The third-order valence-corrected chi connectivity index (χ3v) is 6.73. The Hall–Kier alpha value is -0.440. The van der Waals surface area contributed by atoms with Crippen LogP contribution in [0.15, 0.2) is 42.8 Å². The fourth-order valence-electron chi connectivity index (χ4n) is 1.24. The van der Waals surface area contributed by atoms with Gasteiger partial charge in [-0.1, -0.05) is 0 Å². The lowest BCUT2D eigenvalue weighted by atomic mass is 10.3. The standard InChI is InChI=1S/C10H6Br2FNO2S2/c11-7-2-1-6(13)5-9(7)14-18(15,16)10-8(12)3-4-17-10/h1-5,14H. The van der Waals surface area contributed by atoms with E-state index in [0.717, 1.165) is 17.4 Å². The first-order valence-corrected chi connectivity index (χ1v) is 8.56. The van der Waals surface area contributed by atoms with Gasteiger partial charge in [0.05, 0.1) is 5.69 Å². The van der Waals surface area contributed by atoms with Crippen LogP contribution in [0.2, 0.25) is 0 Å². The van der Waals surface area contributed by atoms with Crippen molar-refractivity contribution in [2.75, 3.05) is 4.72 Å². The SMILES string of the molecule is O=S(=O)(Nc1cc(F)ccc1Br)c1sccc1Br. The van der Waals surface area contributed by atoms with E-state index in [9.17, 15) is 12.8 Å². The van der Waals surface area contributed by atoms with Crippen molar-refractivity contribution in [2.24, 2.45) is 0 Å². The Morgan fingerprint density at radius 3 is 2.50 bits per heavy atom. The van der Waals surface area contributed by atoms with Gasteiger partial charge in [0, 0.05) is 8.95 Å². The Kier molecular flexibility index (Phi) is 4.10. The zero-order valence-electron chi connectivity index (χ0n) is 8.65. The highest BCUT2D eigenvalue weighted by Crippen LogP contribution is 2.31. The van der Waals surface area contributed by atoms with E-state index in [2.05, 4.69) is 36.6 Å². The Bertz CT molecular complexity index is 685. The first-order chi connectivity index (χ1) is 8.40. The molecule has 0 unspecified atom stereocenters. The minimum Gasteiger partial charge on any atom is -0.278 e. The second-order valence-corrected chi connectivity index (χ2v) is 7.79. The summed E-state index contributed by atoms with van der Waals surface area (Å²) in [6, 6.07) is 5.43. The molecule has 0 aliphatic heterocycles. The van der Waals surface area contributed by atoms with E-state index in [4.69, 9.17) is 0 Å². The third-order valence-electron chi connectivity index (χ3n) is 2.00. The topological polar surface area (TPSA) is 46.2 Å². The van der Waals surface area contributed by atoms with Crippen LogP contribution < -0.4 is 4.72 Å². The number of hydrogen-bond donors (Lipinski definition) is 1. The van der Waals surface area contributed by atoms with E-state index in [-0.39, 0.29) is 9.90 Å². The van der Waals surface area contributed by atoms with Crippen LogP contribution in [0.1, 0.15) is 0 Å². The number of sulfonamides is 1. The molecule has 96 valence electrons. The maximum atomic E-state index is 13.1. The maximum Gasteiger partial charge on any atom is 0.272 e. The van der Waals surface area contributed by atoms with Crippen LogP contribution in [-0.2, 0) is 10.0 Å². The van der Waals surface area contributed by atoms with Gasteiger partial charge in [0.15, 0.2) is 4.21 Å². The summed E-state index contributed by atoms with van der Waals surface area (Å²) < 4.78 is 40.7. The van der Waals surface area contributed by atoms with E-state index in [1.54, 1.807) is 11.4 Å². The molecule has 1 heterocycles. The molecule has 2 aromatic rings. The highest BCUT2D eigenvalue weighted by Gasteiger charge is 2.20. The zero-order chi connectivity index (χ0) is 13.3. The number of halogens is 3. The van der Waals surface area contributed by atoms with Gasteiger partial charge in [0.1, 0.15) is 5.82 Å². The van der Waals surface area contributed by atoms with Crippen molar-refractivity contribution in [1.29, 1.82) is 0 Å². The molecule has 1 aromatic heterocycles. The Morgan fingerprint density at radius 1 is 1.17 bits per heavy atom. The molecule has 0 bridgehead atoms. The van der Waals surface area contributed by atoms with Crippen molar-refractivity contribution in [3.05, 3.63) is 44.4 Å². The van der Waals surface area contributed by atoms with E-state index in [1.807, 2.05) is 0 Å². The normalized spacial score (nSPS) is 11.5. The van der Waals surface area contributed by atoms with Gasteiger partial charge in [0.2, 0.25) is 0 Å². The molecule has 0 aliphatic rings. The van der Waals surface area contributed by atoms with Crippen molar-refractivity contribution < 1.29 is 12.8 Å². The summed E-state index contributed by atoms with van der Waals surface area (Å²) in [6.07, 6.45) is 0. The molecule has 8 heteroatoms. The quantitative estimate of drug-likeness (QED) is 0.817. The van der Waals surface area contributed by atoms with Gasteiger partial charge in [-0.3, -0.25) is 4.72 Å². The average Bonchev–Trinajstić information content (AvgIpc) is 2.70. The van der Waals surface area contributed by atoms with Gasteiger partial charge in [-0.2, -0.15) is 0 Å². The van der Waals surface area contributed by atoms with Crippen molar-refractivity contribution >= 4 is 58.9 Å². The van der Waals surface area contributed by atoms with Crippen molar-refractivity contribution in [2.45, 2.75) is 4.21 Å². The van der Waals surface area contributed by atoms with Crippen molar-refractivity contribution in [3.63, 3.8) is 0 Å². The Labute approximate surface area is 124 Å². The molecule has 0 aliphatic carbocycles. The molecule has 18 heavy (non-hydrogen) atoms. The number of hydrogen-bond acceptors (Lipinski definition) is 3. The van der Waals surface area contributed by atoms with Gasteiger partial charge in [-0.05, 0) is 61.5 Å². The lowest BCUT2D eigenvalue weighted by Crippen LogP contribution is -2.12. The van der Waals surface area contributed by atoms with Gasteiger partial charge in [-0.15, -0.1) is 11.3 Å². The van der Waals surface area contributed by atoms with E-state index in [1.165, 1.54) is 12.1 Å². The molecule has 0 atom stereocenters. The predicted octanol–water partition coefficient (Wildman–Crippen LogP) is 4.21. The van der Waals surface area contributed by atoms with E-state index >= 15 is 0 Å². The summed E-state index contributed by atoms with van der Waals surface area (Å²) in [6.45, 7) is 0. The van der Waals surface area contributed by atoms with E-state index < -0.39 is 15.8 Å². The minimum atomic E-state index is -3.71. The maximum absolute atomic E-state index is 13.1. The second kappa shape index (κ2) is 5.28. The second-order valence-electron chi connectivity index (χ2n) is 3.29. The molecule has 1 N–H and O–H groups in total. The summed E-state index contributed by atoms with van der Waals surface area (Å²) >= 11 is 7.40. The van der Waals surface area contributed by atoms with Gasteiger partial charge >= 0.3 is 0 Å². The van der Waals surface area contributed by atoms with Gasteiger partial charge in [0.25, 0.3) is 10.0 Å². The fourth-order valence-corrected chi connectivity index (χ4v) is 5.12. The summed E-state index contributed by atoms with van der Waals surface area (Å²) in [5.41, 5.74) is 0.162. The molecular formula is C10H6Br2FNO2S2. The molecule has 0 spiro atoms. The molecule has 0 amide bonds. The van der Waals surface area contributed by atoms with Crippen LogP contribution in [0.4, 0.5) is 10.1 Å². The predicted molar refractivity (Wildman–Crippen MR) is 76.9 cm³/mol. The largest absolute Gasteiger partial charge is 0.278 e. The van der Waals surface area contributed by atoms with Crippen LogP contribution in [0.3, 0.4) is 0 Å². The first-order valence-electron chi connectivity index (χ1n) is 4.61. The minimum absolute atomic E-state index is 0.152. The molecular weight excluding hydrogens is 409 g/mol. The van der Waals surface area contributed by atoms with Gasteiger partial charge < -0.3 is 0 Å². The number of rotatable bonds is 3. The third kappa shape index (κ3) is 2.93. The molecule has 0 saturated carbocycles. The number of benzene rings is 1. The van der Waals surface area contributed by atoms with Gasteiger partial charge in [-0.25, -0.2) is 12.8 Å². The van der Waals surface area contributed by atoms with E-state index in [0.29, 0.717) is 8.95 Å². The van der Waals surface area contributed by atoms with Crippen LogP contribution in [0.5, 0.6) is 0 Å². The van der Waals surface area contributed by atoms with Crippen molar-refractivity contribution in [1.82, 2.24) is 0 Å². The average molecular weight is 415 g/mol. The molecule has 3 nitrogen and oxygen atoms in total. The Balaban J connectivity index is 2.40. The smallest absolute Gasteiger partial charge is 0.272 e. The zero-order valence-corrected chi connectivity index (χ0v) is 13.5. The lowest BCUT2D eigenvalue weighted by molar-refractivity contribution is 0.602. The van der Waals surface area contributed by atoms with Crippen LogP contribution in [-0.4, -0.2) is 8.42 Å². The van der Waals surface area contributed by atoms with Crippen LogP contribution in [0.25, 0.3) is 0 Å². The summed E-state index contributed by atoms with van der Waals surface area (Å²) in [4.78, 5) is 0. The summed E-state index contributed by atoms with van der Waals surface area (Å²) in [7, 11) is -3.71. The van der Waals surface area contributed by atoms with Crippen LogP contribution in [0, 0.1) is 5.82 Å². The summed E-state index contributed by atoms with van der Waals surface area (Å²) in [5.74, 6) is -0.513. The first kappa shape index (κ1) is 14.0. The highest BCUT2D eigenvalue weighted by atomic mass is 79.9. The molecule has 0 fully saturated rings. The number of anilines is 1. The molecule has 1 aromatic carbocycles. The molecule has 0 radical (unpaired) electrons. The van der Waals surface area contributed by atoms with Crippen molar-refractivity contribution in [3.8, 4) is 0 Å². The summed E-state index contributed by atoms with van der Waals surface area (Å²) in [5, 5.41) is 1.65. The Morgan fingerprint density at radius 2 is 1.89 bits per heavy atom. The molecule has 0 saturated heterocycles. The lowest BCUT2D eigenvalue weighted by Gasteiger charge is -2.08. The fraction of sp³-hybridized carbons (Fsp3) is 0. The number of nitrogens with one attached hydrogen (secondary N) is 1.